The van der Waals surface area contributed by atoms with Gasteiger partial charge in [0, 0.05) is 11.0 Å². The van der Waals surface area contributed by atoms with Crippen molar-refractivity contribution in [1.29, 1.82) is 0 Å². The quantitative estimate of drug-likeness (QED) is 0.896. The van der Waals surface area contributed by atoms with Gasteiger partial charge in [-0.3, -0.25) is 9.36 Å². The van der Waals surface area contributed by atoms with Crippen LogP contribution in [-0.4, -0.2) is 16.3 Å². The molecule has 0 aliphatic heterocycles. The van der Waals surface area contributed by atoms with Crippen LogP contribution < -0.4 is 19.5 Å². The van der Waals surface area contributed by atoms with Crippen molar-refractivity contribution in [2.75, 3.05) is 6.61 Å². The Morgan fingerprint density at radius 1 is 1.48 bits per heavy atom. The normalized spacial score (nSPS) is 11.9. The van der Waals surface area contributed by atoms with Crippen molar-refractivity contribution in [3.8, 4) is 11.5 Å². The second-order valence-corrected chi connectivity index (χ2v) is 6.30. The first-order valence-electron chi connectivity index (χ1n) is 6.53. The lowest BCUT2D eigenvalue weighted by atomic mass is 10.2. The number of phenolic OH excluding ortho intramolecular Hbond substituents is 1. The van der Waals surface area contributed by atoms with Crippen LogP contribution in [0, 0.1) is 0 Å². The van der Waals surface area contributed by atoms with E-state index in [1.165, 1.54) is 11.3 Å². The summed E-state index contributed by atoms with van der Waals surface area (Å²) in [5, 5.41) is 9.81. The molecule has 0 aliphatic carbocycles. The number of nitrogens with zero attached hydrogens (tertiary/aromatic N) is 1. The highest BCUT2D eigenvalue weighted by Gasteiger charge is 2.08. The SMILES string of the molecule is C=c1sc(=Cc2cc(OCC)c(O)cc2Br)c(=O)n1CC. The van der Waals surface area contributed by atoms with Gasteiger partial charge < -0.3 is 9.84 Å². The first kappa shape index (κ1) is 15.9. The maximum atomic E-state index is 12.2. The molecule has 6 heteroatoms. The molecule has 0 aliphatic rings. The molecule has 21 heavy (non-hydrogen) atoms. The molecule has 2 aromatic rings. The summed E-state index contributed by atoms with van der Waals surface area (Å²) >= 11 is 4.74. The number of hydrogen-bond acceptors (Lipinski definition) is 4. The number of phenols is 1. The van der Waals surface area contributed by atoms with Gasteiger partial charge in [-0.1, -0.05) is 22.5 Å². The molecule has 2 rings (SSSR count). The third-order valence-electron chi connectivity index (χ3n) is 2.97. The lowest BCUT2D eigenvalue weighted by Crippen LogP contribution is -2.30. The number of rotatable bonds is 4. The maximum absolute atomic E-state index is 12.2. The highest BCUT2D eigenvalue weighted by atomic mass is 79.9. The topological polar surface area (TPSA) is 51.5 Å². The van der Waals surface area contributed by atoms with Gasteiger partial charge in [-0.15, -0.1) is 11.3 Å². The number of thiazole rings is 1. The molecule has 0 saturated carbocycles. The summed E-state index contributed by atoms with van der Waals surface area (Å²) in [7, 11) is 0. The first-order chi connectivity index (χ1) is 9.97. The second-order valence-electron chi connectivity index (χ2n) is 4.33. The van der Waals surface area contributed by atoms with Crippen molar-refractivity contribution in [3.05, 3.63) is 41.7 Å². The zero-order valence-corrected chi connectivity index (χ0v) is 14.3. The molecule has 0 saturated heterocycles. The Kier molecular flexibility index (Phi) is 4.90. The minimum absolute atomic E-state index is 0.0505. The Bertz CT molecular complexity index is 823. The van der Waals surface area contributed by atoms with E-state index in [-0.39, 0.29) is 11.3 Å². The number of hydrogen-bond donors (Lipinski definition) is 1. The fourth-order valence-corrected chi connectivity index (χ4v) is 3.37. The molecule has 1 N–H and O–H groups in total. The first-order valence-corrected chi connectivity index (χ1v) is 8.14. The minimum Gasteiger partial charge on any atom is -0.504 e. The molecule has 0 fully saturated rings. The lowest BCUT2D eigenvalue weighted by Gasteiger charge is -2.08. The van der Waals surface area contributed by atoms with Crippen LogP contribution in [0.4, 0.5) is 0 Å². The van der Waals surface area contributed by atoms with Crippen LogP contribution in [0.3, 0.4) is 0 Å². The van der Waals surface area contributed by atoms with Gasteiger partial charge in [0.1, 0.15) is 0 Å². The largest absolute Gasteiger partial charge is 0.504 e. The summed E-state index contributed by atoms with van der Waals surface area (Å²) in [6.07, 6.45) is 1.78. The molecule has 1 aromatic carbocycles. The third-order valence-corrected chi connectivity index (χ3v) is 4.62. The monoisotopic (exact) mass is 369 g/mol. The van der Waals surface area contributed by atoms with Gasteiger partial charge >= 0.3 is 0 Å². The summed E-state index contributed by atoms with van der Waals surface area (Å²) in [6.45, 7) is 8.70. The summed E-state index contributed by atoms with van der Waals surface area (Å²) in [4.78, 5) is 12.2. The zero-order chi connectivity index (χ0) is 15.6. The highest BCUT2D eigenvalue weighted by Crippen LogP contribution is 2.32. The van der Waals surface area contributed by atoms with E-state index in [4.69, 9.17) is 4.74 Å². The molecular formula is C15H16BrNO3S. The summed E-state index contributed by atoms with van der Waals surface area (Å²) in [5.41, 5.74) is 0.725. The predicted octanol–water partition coefficient (Wildman–Crippen LogP) is 2.04. The fraction of sp³-hybridized carbons (Fsp3) is 0.267. The van der Waals surface area contributed by atoms with Crippen LogP contribution in [0.15, 0.2) is 21.4 Å². The van der Waals surface area contributed by atoms with Crippen molar-refractivity contribution in [2.45, 2.75) is 20.4 Å². The van der Waals surface area contributed by atoms with E-state index in [0.29, 0.717) is 27.9 Å². The lowest BCUT2D eigenvalue weighted by molar-refractivity contribution is 0.318. The van der Waals surface area contributed by atoms with Crippen molar-refractivity contribution < 1.29 is 9.84 Å². The molecule has 0 amide bonds. The van der Waals surface area contributed by atoms with Crippen LogP contribution in [-0.2, 0) is 6.54 Å². The molecule has 1 aromatic heterocycles. The van der Waals surface area contributed by atoms with Crippen LogP contribution in [0.1, 0.15) is 19.4 Å². The molecule has 0 atom stereocenters. The van der Waals surface area contributed by atoms with E-state index in [2.05, 4.69) is 22.5 Å². The molecule has 0 unspecified atom stereocenters. The summed E-state index contributed by atoms with van der Waals surface area (Å²) < 4.78 is 9.04. The Labute approximate surface area is 134 Å². The molecule has 4 nitrogen and oxygen atoms in total. The Balaban J connectivity index is 2.63. The number of ether oxygens (including phenoxy) is 1. The van der Waals surface area contributed by atoms with Crippen molar-refractivity contribution in [1.82, 2.24) is 4.57 Å². The van der Waals surface area contributed by atoms with E-state index in [1.807, 2.05) is 13.8 Å². The smallest absolute Gasteiger partial charge is 0.269 e. The summed E-state index contributed by atoms with van der Waals surface area (Å²) in [6, 6.07) is 3.27. The van der Waals surface area contributed by atoms with Crippen molar-refractivity contribution in [2.24, 2.45) is 0 Å². The van der Waals surface area contributed by atoms with Gasteiger partial charge in [0.2, 0.25) is 0 Å². The zero-order valence-electron chi connectivity index (χ0n) is 11.9. The van der Waals surface area contributed by atoms with Crippen molar-refractivity contribution >= 4 is 39.9 Å². The number of aromatic nitrogens is 1. The van der Waals surface area contributed by atoms with Gasteiger partial charge in [0.05, 0.1) is 15.8 Å². The molecule has 0 spiro atoms. The fourth-order valence-electron chi connectivity index (χ4n) is 1.96. The van der Waals surface area contributed by atoms with Gasteiger partial charge in [0.25, 0.3) is 5.56 Å². The molecule has 0 radical (unpaired) electrons. The Morgan fingerprint density at radius 2 is 2.19 bits per heavy atom. The molecule has 0 bridgehead atoms. The van der Waals surface area contributed by atoms with E-state index in [0.717, 1.165) is 10.2 Å². The van der Waals surface area contributed by atoms with Crippen LogP contribution >= 0.6 is 27.3 Å². The van der Waals surface area contributed by atoms with Crippen molar-refractivity contribution in [3.63, 3.8) is 0 Å². The van der Waals surface area contributed by atoms with Gasteiger partial charge in [-0.05, 0) is 37.6 Å². The predicted molar refractivity (Wildman–Crippen MR) is 89.6 cm³/mol. The van der Waals surface area contributed by atoms with E-state index >= 15 is 0 Å². The van der Waals surface area contributed by atoms with Gasteiger partial charge in [-0.25, -0.2) is 0 Å². The van der Waals surface area contributed by atoms with Gasteiger partial charge in [0.15, 0.2) is 11.5 Å². The van der Waals surface area contributed by atoms with E-state index in [1.54, 1.807) is 22.8 Å². The van der Waals surface area contributed by atoms with Crippen LogP contribution in [0.2, 0.25) is 0 Å². The molecule has 1 heterocycles. The second kappa shape index (κ2) is 6.49. The summed E-state index contributed by atoms with van der Waals surface area (Å²) in [5.74, 6) is 0.463. The molecular weight excluding hydrogens is 354 g/mol. The average molecular weight is 370 g/mol. The van der Waals surface area contributed by atoms with Crippen LogP contribution in [0.5, 0.6) is 11.5 Å². The number of benzene rings is 1. The van der Waals surface area contributed by atoms with E-state index < -0.39 is 0 Å². The van der Waals surface area contributed by atoms with Gasteiger partial charge in [-0.2, -0.15) is 0 Å². The maximum Gasteiger partial charge on any atom is 0.269 e. The average Bonchev–Trinajstić information content (AvgIpc) is 2.69. The Morgan fingerprint density at radius 3 is 2.76 bits per heavy atom. The number of aromatic hydroxyl groups is 1. The molecule has 112 valence electrons. The third kappa shape index (κ3) is 3.22. The number of halogens is 1. The Hall–Kier alpha value is -1.53. The van der Waals surface area contributed by atoms with E-state index in [9.17, 15) is 9.90 Å². The standard InChI is InChI=1S/C15H16BrNO3S/c1-4-17-9(3)21-14(15(17)19)7-10-6-13(20-5-2)12(18)8-11(10)16/h6-8,18H,3-5H2,1-2H3. The highest BCUT2D eigenvalue weighted by molar-refractivity contribution is 9.10. The minimum atomic E-state index is -0.0505. The van der Waals surface area contributed by atoms with Crippen LogP contribution in [0.25, 0.3) is 12.7 Å².